The molecule has 124 valence electrons. The molecule has 2 aromatic carbocycles. The molecule has 1 atom stereocenters. The molecule has 25 heavy (non-hydrogen) atoms. The van der Waals surface area contributed by atoms with Gasteiger partial charge in [0, 0.05) is 10.7 Å². The van der Waals surface area contributed by atoms with Crippen LogP contribution >= 0.6 is 22.9 Å². The Bertz CT molecular complexity index is 947. The Morgan fingerprint density at radius 2 is 2.04 bits per heavy atom. The van der Waals surface area contributed by atoms with Crippen molar-refractivity contribution in [1.82, 2.24) is 4.98 Å². The molecule has 0 saturated carbocycles. The van der Waals surface area contributed by atoms with Crippen molar-refractivity contribution in [3.63, 3.8) is 0 Å². The van der Waals surface area contributed by atoms with Gasteiger partial charge < -0.3 is 5.32 Å². The molecule has 0 fully saturated rings. The second kappa shape index (κ2) is 7.47. The van der Waals surface area contributed by atoms with Crippen LogP contribution in [0.15, 0.2) is 54.7 Å². The van der Waals surface area contributed by atoms with Crippen LogP contribution in [0.2, 0.25) is 5.02 Å². The monoisotopic (exact) mass is 367 g/mol. The number of amides is 1. The summed E-state index contributed by atoms with van der Waals surface area (Å²) in [6.07, 6.45) is 1.55. The third kappa shape index (κ3) is 3.87. The van der Waals surface area contributed by atoms with Crippen molar-refractivity contribution >= 4 is 34.5 Å². The highest BCUT2D eigenvalue weighted by Crippen LogP contribution is 2.32. The Labute approximate surface area is 154 Å². The molecular formula is C19H14ClN3OS. The summed E-state index contributed by atoms with van der Waals surface area (Å²) in [6.45, 7) is 1.85. The van der Waals surface area contributed by atoms with E-state index in [1.807, 2.05) is 37.3 Å². The first-order chi connectivity index (χ1) is 12.1. The van der Waals surface area contributed by atoms with E-state index < -0.39 is 5.92 Å². The van der Waals surface area contributed by atoms with E-state index in [1.165, 1.54) is 11.3 Å². The summed E-state index contributed by atoms with van der Waals surface area (Å²) >= 11 is 7.70. The van der Waals surface area contributed by atoms with E-state index in [2.05, 4.69) is 16.4 Å². The predicted octanol–water partition coefficient (Wildman–Crippen LogP) is 5.01. The number of nitriles is 1. The molecule has 0 radical (unpaired) electrons. The predicted molar refractivity (Wildman–Crippen MR) is 100 cm³/mol. The van der Waals surface area contributed by atoms with Crippen molar-refractivity contribution in [1.29, 1.82) is 5.26 Å². The zero-order valence-corrected chi connectivity index (χ0v) is 14.9. The van der Waals surface area contributed by atoms with Crippen molar-refractivity contribution in [3.8, 4) is 6.07 Å². The van der Waals surface area contributed by atoms with Crippen molar-refractivity contribution in [2.45, 2.75) is 12.8 Å². The second-order valence-corrected chi connectivity index (χ2v) is 7.05. The third-order valence-corrected chi connectivity index (χ3v) is 4.92. The Hall–Kier alpha value is -2.68. The van der Waals surface area contributed by atoms with E-state index in [0.29, 0.717) is 21.2 Å². The van der Waals surface area contributed by atoms with Gasteiger partial charge in [-0.1, -0.05) is 48.0 Å². The maximum Gasteiger partial charge on any atom is 0.267 e. The number of nitrogens with one attached hydrogen (secondary N) is 1. The van der Waals surface area contributed by atoms with E-state index in [0.717, 1.165) is 10.6 Å². The minimum Gasteiger partial charge on any atom is -0.321 e. The van der Waals surface area contributed by atoms with Crippen molar-refractivity contribution < 1.29 is 4.79 Å². The van der Waals surface area contributed by atoms with Crippen LogP contribution in [0.25, 0.3) is 0 Å². The van der Waals surface area contributed by atoms with Gasteiger partial charge in [0.25, 0.3) is 5.91 Å². The van der Waals surface area contributed by atoms with Gasteiger partial charge in [-0.15, -0.1) is 11.3 Å². The van der Waals surface area contributed by atoms with Crippen LogP contribution in [-0.2, 0) is 0 Å². The lowest BCUT2D eigenvalue weighted by Crippen LogP contribution is -2.10. The van der Waals surface area contributed by atoms with Crippen LogP contribution < -0.4 is 5.32 Å². The fourth-order valence-electron chi connectivity index (χ4n) is 2.47. The normalized spacial score (nSPS) is 11.6. The molecule has 0 aliphatic carbocycles. The summed E-state index contributed by atoms with van der Waals surface area (Å²) in [5, 5.41) is 13.6. The van der Waals surface area contributed by atoms with Gasteiger partial charge in [0.15, 0.2) is 0 Å². The Morgan fingerprint density at radius 1 is 1.28 bits per heavy atom. The first kappa shape index (κ1) is 17.2. The molecule has 0 aliphatic rings. The third-order valence-electron chi connectivity index (χ3n) is 3.68. The second-order valence-electron chi connectivity index (χ2n) is 5.41. The van der Waals surface area contributed by atoms with Crippen LogP contribution in [0.3, 0.4) is 0 Å². The number of aryl methyl sites for hydroxylation is 1. The first-order valence-corrected chi connectivity index (χ1v) is 8.75. The largest absolute Gasteiger partial charge is 0.321 e. The summed E-state index contributed by atoms with van der Waals surface area (Å²) in [7, 11) is 0. The minimum absolute atomic E-state index is 0.227. The van der Waals surface area contributed by atoms with Crippen molar-refractivity contribution in [2.75, 3.05) is 5.32 Å². The summed E-state index contributed by atoms with van der Waals surface area (Å²) in [5.74, 6) is -0.683. The number of benzene rings is 2. The quantitative estimate of drug-likeness (QED) is 0.704. The number of carbonyl (C=O) groups excluding carboxylic acids is 1. The topological polar surface area (TPSA) is 65.8 Å². The summed E-state index contributed by atoms with van der Waals surface area (Å²) in [5.41, 5.74) is 2.17. The van der Waals surface area contributed by atoms with E-state index in [1.54, 1.807) is 24.4 Å². The molecule has 1 heterocycles. The average Bonchev–Trinajstić information content (AvgIpc) is 3.05. The smallest absolute Gasteiger partial charge is 0.267 e. The standard InChI is InChI=1S/C19H14ClN3OS/c1-12-22-11-18(25-12)19(24)23-14-7-8-15(17(20)9-14)16(10-21)13-5-3-2-4-6-13/h2-9,11,16H,1H3,(H,23,24). The van der Waals surface area contributed by atoms with Gasteiger partial charge in [-0.2, -0.15) is 5.26 Å². The lowest BCUT2D eigenvalue weighted by molar-refractivity contribution is 0.103. The highest BCUT2D eigenvalue weighted by Gasteiger charge is 2.17. The molecule has 1 amide bonds. The van der Waals surface area contributed by atoms with Gasteiger partial charge in [-0.3, -0.25) is 4.79 Å². The molecule has 6 heteroatoms. The average molecular weight is 368 g/mol. The van der Waals surface area contributed by atoms with Gasteiger partial charge in [0.1, 0.15) is 4.88 Å². The molecule has 0 spiro atoms. The van der Waals surface area contributed by atoms with Crippen LogP contribution in [0, 0.1) is 18.3 Å². The van der Waals surface area contributed by atoms with Crippen LogP contribution in [0.5, 0.6) is 0 Å². The summed E-state index contributed by atoms with van der Waals surface area (Å²) in [4.78, 5) is 16.8. The summed E-state index contributed by atoms with van der Waals surface area (Å²) < 4.78 is 0. The lowest BCUT2D eigenvalue weighted by Gasteiger charge is -2.13. The number of hydrogen-bond donors (Lipinski definition) is 1. The van der Waals surface area contributed by atoms with Gasteiger partial charge in [-0.05, 0) is 30.2 Å². The Balaban J connectivity index is 1.83. The number of rotatable bonds is 4. The summed E-state index contributed by atoms with van der Waals surface area (Å²) in [6, 6.07) is 16.9. The molecule has 0 saturated heterocycles. The highest BCUT2D eigenvalue weighted by atomic mass is 35.5. The van der Waals surface area contributed by atoms with E-state index in [9.17, 15) is 10.1 Å². The first-order valence-electron chi connectivity index (χ1n) is 7.56. The maximum atomic E-state index is 12.2. The van der Waals surface area contributed by atoms with E-state index >= 15 is 0 Å². The zero-order valence-electron chi connectivity index (χ0n) is 13.4. The van der Waals surface area contributed by atoms with Crippen LogP contribution in [-0.4, -0.2) is 10.9 Å². The fraction of sp³-hybridized carbons (Fsp3) is 0.105. The minimum atomic E-state index is -0.456. The number of nitrogens with zero attached hydrogens (tertiary/aromatic N) is 2. The molecule has 4 nitrogen and oxygen atoms in total. The van der Waals surface area contributed by atoms with Crippen LogP contribution in [0.4, 0.5) is 5.69 Å². The number of thiazole rings is 1. The molecule has 3 aromatic rings. The van der Waals surface area contributed by atoms with Gasteiger partial charge in [-0.25, -0.2) is 4.98 Å². The van der Waals surface area contributed by atoms with E-state index in [4.69, 9.17) is 11.6 Å². The number of aromatic nitrogens is 1. The molecular weight excluding hydrogens is 354 g/mol. The van der Waals surface area contributed by atoms with Gasteiger partial charge in [0.05, 0.1) is 23.2 Å². The van der Waals surface area contributed by atoms with Crippen molar-refractivity contribution in [3.05, 3.63) is 80.8 Å². The van der Waals surface area contributed by atoms with Gasteiger partial charge >= 0.3 is 0 Å². The van der Waals surface area contributed by atoms with E-state index in [-0.39, 0.29) is 5.91 Å². The molecule has 0 bridgehead atoms. The van der Waals surface area contributed by atoms with Gasteiger partial charge in [0.2, 0.25) is 0 Å². The highest BCUT2D eigenvalue weighted by molar-refractivity contribution is 7.13. The molecule has 3 rings (SSSR count). The Kier molecular flexibility index (Phi) is 5.13. The number of halogens is 1. The number of carbonyl (C=O) groups is 1. The number of anilines is 1. The zero-order chi connectivity index (χ0) is 17.8. The maximum absolute atomic E-state index is 12.2. The molecule has 1 aromatic heterocycles. The van der Waals surface area contributed by atoms with Crippen LogP contribution in [0.1, 0.15) is 31.7 Å². The Morgan fingerprint density at radius 3 is 2.64 bits per heavy atom. The number of hydrogen-bond acceptors (Lipinski definition) is 4. The SMILES string of the molecule is Cc1ncc(C(=O)Nc2ccc(C(C#N)c3ccccc3)c(Cl)c2)s1. The fourth-order valence-corrected chi connectivity index (χ4v) is 3.43. The van der Waals surface area contributed by atoms with Crippen molar-refractivity contribution in [2.24, 2.45) is 0 Å². The molecule has 0 aliphatic heterocycles. The molecule has 1 unspecified atom stereocenters. The lowest BCUT2D eigenvalue weighted by atomic mass is 9.92. The molecule has 1 N–H and O–H groups in total.